The summed E-state index contributed by atoms with van der Waals surface area (Å²) in [5, 5.41) is 4.04. The smallest absolute Gasteiger partial charge is 0.228 e. The maximum Gasteiger partial charge on any atom is 0.228 e. The summed E-state index contributed by atoms with van der Waals surface area (Å²) in [5.41, 5.74) is 3.84. The van der Waals surface area contributed by atoms with Gasteiger partial charge in [-0.3, -0.25) is 4.79 Å². The lowest BCUT2D eigenvalue weighted by Crippen LogP contribution is -2.15. The second kappa shape index (κ2) is 5.93. The molecule has 0 unspecified atom stereocenters. The fourth-order valence-electron chi connectivity index (χ4n) is 2.55. The predicted molar refractivity (Wildman–Crippen MR) is 88.4 cm³/mol. The van der Waals surface area contributed by atoms with Crippen LogP contribution in [0.15, 0.2) is 48.7 Å². The van der Waals surface area contributed by atoms with Gasteiger partial charge in [0.05, 0.1) is 13.5 Å². The van der Waals surface area contributed by atoms with E-state index in [1.165, 1.54) is 0 Å². The van der Waals surface area contributed by atoms with Crippen LogP contribution in [-0.2, 0) is 11.2 Å². The molecule has 4 heteroatoms. The van der Waals surface area contributed by atoms with Gasteiger partial charge in [0.2, 0.25) is 5.91 Å². The number of rotatable bonds is 4. The lowest BCUT2D eigenvalue weighted by atomic mass is 10.1. The highest BCUT2D eigenvalue weighted by atomic mass is 16.5. The molecule has 2 N–H and O–H groups in total. The molecule has 0 fully saturated rings. The van der Waals surface area contributed by atoms with E-state index in [-0.39, 0.29) is 5.91 Å². The van der Waals surface area contributed by atoms with E-state index in [1.807, 2.05) is 55.6 Å². The highest BCUT2D eigenvalue weighted by Crippen LogP contribution is 2.22. The molecule has 0 bridgehead atoms. The third-order valence-corrected chi connectivity index (χ3v) is 3.73. The molecule has 0 aliphatic carbocycles. The van der Waals surface area contributed by atoms with Crippen LogP contribution in [0.5, 0.6) is 5.75 Å². The number of hydrogen-bond acceptors (Lipinski definition) is 2. The summed E-state index contributed by atoms with van der Waals surface area (Å²) in [6, 6.07) is 13.6. The van der Waals surface area contributed by atoms with Gasteiger partial charge in [0.15, 0.2) is 0 Å². The van der Waals surface area contributed by atoms with Crippen molar-refractivity contribution in [1.82, 2.24) is 4.98 Å². The topological polar surface area (TPSA) is 54.1 Å². The number of aromatic amines is 1. The molecule has 0 radical (unpaired) electrons. The molecule has 112 valence electrons. The Hall–Kier alpha value is -2.75. The largest absolute Gasteiger partial charge is 0.497 e. The van der Waals surface area contributed by atoms with E-state index in [4.69, 9.17) is 4.74 Å². The zero-order valence-electron chi connectivity index (χ0n) is 12.6. The molecule has 0 spiro atoms. The minimum Gasteiger partial charge on any atom is -0.497 e. The van der Waals surface area contributed by atoms with Crippen molar-refractivity contribution in [3.8, 4) is 5.75 Å². The summed E-state index contributed by atoms with van der Waals surface area (Å²) < 4.78 is 5.17. The molecule has 1 amide bonds. The zero-order valence-corrected chi connectivity index (χ0v) is 12.6. The third kappa shape index (κ3) is 2.81. The van der Waals surface area contributed by atoms with Crippen LogP contribution in [0.25, 0.3) is 10.9 Å². The minimum atomic E-state index is -0.0296. The molecule has 0 aliphatic rings. The Balaban J connectivity index is 1.75. The Morgan fingerprint density at radius 2 is 2.05 bits per heavy atom. The molecule has 0 saturated heterocycles. The SMILES string of the molecule is COc1ccc(NC(=O)Cc2c[nH]c3ccccc23)c(C)c1. The van der Waals surface area contributed by atoms with E-state index in [9.17, 15) is 4.79 Å². The van der Waals surface area contributed by atoms with Crippen LogP contribution in [0.2, 0.25) is 0 Å². The highest BCUT2D eigenvalue weighted by Gasteiger charge is 2.10. The Morgan fingerprint density at radius 3 is 2.82 bits per heavy atom. The van der Waals surface area contributed by atoms with Crippen molar-refractivity contribution in [3.05, 3.63) is 59.8 Å². The Morgan fingerprint density at radius 1 is 1.23 bits per heavy atom. The normalized spacial score (nSPS) is 10.6. The fourth-order valence-corrected chi connectivity index (χ4v) is 2.55. The number of carbonyl (C=O) groups excluding carboxylic acids is 1. The second-order valence-electron chi connectivity index (χ2n) is 5.27. The Kier molecular flexibility index (Phi) is 3.83. The van der Waals surface area contributed by atoms with Crippen LogP contribution in [0.1, 0.15) is 11.1 Å². The number of amides is 1. The molecule has 22 heavy (non-hydrogen) atoms. The average Bonchev–Trinajstić information content (AvgIpc) is 2.92. The maximum absolute atomic E-state index is 12.3. The predicted octanol–water partition coefficient (Wildman–Crippen LogP) is 3.67. The van der Waals surface area contributed by atoms with E-state index in [1.54, 1.807) is 7.11 Å². The van der Waals surface area contributed by atoms with Gasteiger partial charge in [-0.1, -0.05) is 18.2 Å². The molecule has 3 aromatic rings. The van der Waals surface area contributed by atoms with Gasteiger partial charge in [-0.05, 0) is 42.3 Å². The summed E-state index contributed by atoms with van der Waals surface area (Å²) in [4.78, 5) is 15.5. The molecule has 1 heterocycles. The van der Waals surface area contributed by atoms with Crippen molar-refractivity contribution in [3.63, 3.8) is 0 Å². The molecule has 0 aliphatic heterocycles. The minimum absolute atomic E-state index is 0.0296. The molecular formula is C18H18N2O2. The molecule has 0 saturated carbocycles. The first-order chi connectivity index (χ1) is 10.7. The number of anilines is 1. The first-order valence-corrected chi connectivity index (χ1v) is 7.17. The number of para-hydroxylation sites is 1. The van der Waals surface area contributed by atoms with Gasteiger partial charge >= 0.3 is 0 Å². The van der Waals surface area contributed by atoms with Crippen molar-refractivity contribution >= 4 is 22.5 Å². The standard InChI is InChI=1S/C18H18N2O2/c1-12-9-14(22-2)7-8-16(12)20-18(21)10-13-11-19-17-6-4-3-5-15(13)17/h3-9,11,19H,10H2,1-2H3,(H,20,21). The summed E-state index contributed by atoms with van der Waals surface area (Å²) in [6.07, 6.45) is 2.24. The first-order valence-electron chi connectivity index (χ1n) is 7.17. The molecule has 2 aromatic carbocycles. The van der Waals surface area contributed by atoms with Gasteiger partial charge in [0.25, 0.3) is 0 Å². The van der Waals surface area contributed by atoms with Crippen LogP contribution < -0.4 is 10.1 Å². The van der Waals surface area contributed by atoms with E-state index >= 15 is 0 Å². The number of H-pyrrole nitrogens is 1. The van der Waals surface area contributed by atoms with Crippen LogP contribution in [0, 0.1) is 6.92 Å². The van der Waals surface area contributed by atoms with Gasteiger partial charge in [-0.15, -0.1) is 0 Å². The maximum atomic E-state index is 12.3. The van der Waals surface area contributed by atoms with Gasteiger partial charge in [-0.2, -0.15) is 0 Å². The summed E-state index contributed by atoms with van der Waals surface area (Å²) in [5.74, 6) is 0.755. The number of aryl methyl sites for hydroxylation is 1. The van der Waals surface area contributed by atoms with Gasteiger partial charge in [0, 0.05) is 22.8 Å². The van der Waals surface area contributed by atoms with Gasteiger partial charge in [-0.25, -0.2) is 0 Å². The Labute approximate surface area is 129 Å². The number of hydrogen-bond donors (Lipinski definition) is 2. The second-order valence-corrected chi connectivity index (χ2v) is 5.27. The quantitative estimate of drug-likeness (QED) is 0.771. The fraction of sp³-hybridized carbons (Fsp3) is 0.167. The summed E-state index contributed by atoms with van der Waals surface area (Å²) in [7, 11) is 1.63. The summed E-state index contributed by atoms with van der Waals surface area (Å²) >= 11 is 0. The van der Waals surface area contributed by atoms with Crippen molar-refractivity contribution in [2.75, 3.05) is 12.4 Å². The number of nitrogens with one attached hydrogen (secondary N) is 2. The molecule has 3 rings (SSSR count). The van der Waals surface area contributed by atoms with E-state index < -0.39 is 0 Å². The number of aromatic nitrogens is 1. The molecule has 0 atom stereocenters. The van der Waals surface area contributed by atoms with Crippen molar-refractivity contribution in [2.45, 2.75) is 13.3 Å². The molecule has 1 aromatic heterocycles. The zero-order chi connectivity index (χ0) is 15.5. The summed E-state index contributed by atoms with van der Waals surface area (Å²) in [6.45, 7) is 1.95. The van der Waals surface area contributed by atoms with Crippen LogP contribution in [-0.4, -0.2) is 18.0 Å². The number of fused-ring (bicyclic) bond motifs is 1. The van der Waals surface area contributed by atoms with Crippen LogP contribution >= 0.6 is 0 Å². The number of methoxy groups -OCH3 is 1. The lowest BCUT2D eigenvalue weighted by Gasteiger charge is -2.09. The van der Waals surface area contributed by atoms with Crippen LogP contribution in [0.3, 0.4) is 0 Å². The molecular weight excluding hydrogens is 276 g/mol. The van der Waals surface area contributed by atoms with Crippen LogP contribution in [0.4, 0.5) is 5.69 Å². The number of benzene rings is 2. The lowest BCUT2D eigenvalue weighted by molar-refractivity contribution is -0.115. The average molecular weight is 294 g/mol. The van der Waals surface area contributed by atoms with Gasteiger partial charge < -0.3 is 15.0 Å². The van der Waals surface area contributed by atoms with Crippen molar-refractivity contribution < 1.29 is 9.53 Å². The number of carbonyl (C=O) groups is 1. The highest BCUT2D eigenvalue weighted by molar-refractivity contribution is 5.96. The van der Waals surface area contributed by atoms with Crippen molar-refractivity contribution in [1.29, 1.82) is 0 Å². The first kappa shape index (κ1) is 14.2. The number of ether oxygens (including phenoxy) is 1. The monoisotopic (exact) mass is 294 g/mol. The van der Waals surface area contributed by atoms with Gasteiger partial charge in [0.1, 0.15) is 5.75 Å². The van der Waals surface area contributed by atoms with E-state index in [0.29, 0.717) is 6.42 Å². The van der Waals surface area contributed by atoms with E-state index in [0.717, 1.165) is 33.5 Å². The van der Waals surface area contributed by atoms with Crippen molar-refractivity contribution in [2.24, 2.45) is 0 Å². The molecule has 4 nitrogen and oxygen atoms in total. The third-order valence-electron chi connectivity index (χ3n) is 3.73. The van der Waals surface area contributed by atoms with E-state index in [2.05, 4.69) is 10.3 Å². The Bertz CT molecular complexity index is 821.